The van der Waals surface area contributed by atoms with Gasteiger partial charge in [-0.25, -0.2) is 17.2 Å². The molecule has 0 bridgehead atoms. The molecule has 3 aromatic rings. The Morgan fingerprint density at radius 1 is 0.976 bits per heavy atom. The zero-order valence-electron chi connectivity index (χ0n) is 22.6. The summed E-state index contributed by atoms with van der Waals surface area (Å²) in [7, 11) is -4.05. The van der Waals surface area contributed by atoms with Gasteiger partial charge in [0, 0.05) is 24.6 Å². The molecule has 4 rings (SSSR count). The number of hydrogen-bond donors (Lipinski definition) is 1. The van der Waals surface area contributed by atoms with E-state index in [2.05, 4.69) is 5.32 Å². The zero-order valence-corrected chi connectivity index (χ0v) is 24.2. The van der Waals surface area contributed by atoms with Crippen molar-refractivity contribution in [1.29, 1.82) is 0 Å². The van der Waals surface area contributed by atoms with Gasteiger partial charge < -0.3 is 10.2 Å². The molecule has 3 aromatic carbocycles. The standard InChI is InChI=1S/C30H32ClF2N3O4S/c1-41(39,40)36(24-15-16-27(33)25(31)18-24)20-29(37)35(19-22-11-5-8-14-26(22)32)28(17-21-9-3-2-4-10-21)30(38)34-23-12-6-7-13-23/h2-5,8-11,14-16,18,23,28H,6-7,12-13,17,19-20H2,1H3,(H,34,38)/t28-/m1/s1. The molecule has 0 aromatic heterocycles. The molecule has 0 radical (unpaired) electrons. The summed E-state index contributed by atoms with van der Waals surface area (Å²) in [4.78, 5) is 29.0. The van der Waals surface area contributed by atoms with Crippen LogP contribution in [0.3, 0.4) is 0 Å². The second kappa shape index (κ2) is 13.4. The fraction of sp³-hybridized carbons (Fsp3) is 0.333. The molecule has 0 unspecified atom stereocenters. The van der Waals surface area contributed by atoms with Crippen molar-refractivity contribution >= 4 is 39.1 Å². The molecule has 1 aliphatic carbocycles. The highest BCUT2D eigenvalue weighted by atomic mass is 35.5. The maximum atomic E-state index is 14.8. The van der Waals surface area contributed by atoms with Gasteiger partial charge in [0.2, 0.25) is 21.8 Å². The Labute approximate surface area is 244 Å². The van der Waals surface area contributed by atoms with Gasteiger partial charge in [-0.1, -0.05) is 73.0 Å². The summed E-state index contributed by atoms with van der Waals surface area (Å²) in [5, 5.41) is 2.73. The van der Waals surface area contributed by atoms with Crippen molar-refractivity contribution in [3.8, 4) is 0 Å². The SMILES string of the molecule is CS(=O)(=O)N(CC(=O)N(Cc1ccccc1F)[C@H](Cc1ccccc1)C(=O)NC1CCCC1)c1ccc(F)c(Cl)c1. The van der Waals surface area contributed by atoms with Gasteiger partial charge in [0.15, 0.2) is 0 Å². The van der Waals surface area contributed by atoms with Crippen molar-refractivity contribution in [3.05, 3.63) is 101 Å². The van der Waals surface area contributed by atoms with Gasteiger partial charge in [0.25, 0.3) is 0 Å². The Morgan fingerprint density at radius 2 is 1.63 bits per heavy atom. The van der Waals surface area contributed by atoms with E-state index in [-0.39, 0.29) is 35.3 Å². The molecule has 1 fully saturated rings. The highest BCUT2D eigenvalue weighted by Crippen LogP contribution is 2.26. The van der Waals surface area contributed by atoms with Crippen LogP contribution in [-0.2, 0) is 32.6 Å². The number of amides is 2. The van der Waals surface area contributed by atoms with E-state index in [1.54, 1.807) is 6.07 Å². The predicted molar refractivity (Wildman–Crippen MR) is 155 cm³/mol. The first kappa shape index (κ1) is 30.5. The van der Waals surface area contributed by atoms with E-state index in [0.717, 1.165) is 53.9 Å². The van der Waals surface area contributed by atoms with Crippen LogP contribution in [-0.4, -0.2) is 50.0 Å². The van der Waals surface area contributed by atoms with Crippen molar-refractivity contribution in [3.63, 3.8) is 0 Å². The number of rotatable bonds is 11. The molecule has 2 amide bonds. The number of carbonyl (C=O) groups excluding carboxylic acids is 2. The third-order valence-electron chi connectivity index (χ3n) is 7.14. The van der Waals surface area contributed by atoms with E-state index in [1.165, 1.54) is 29.2 Å². The summed E-state index contributed by atoms with van der Waals surface area (Å²) >= 11 is 5.91. The van der Waals surface area contributed by atoms with Gasteiger partial charge in [0.1, 0.15) is 24.2 Å². The third-order valence-corrected chi connectivity index (χ3v) is 8.57. The van der Waals surface area contributed by atoms with E-state index in [0.29, 0.717) is 0 Å². The van der Waals surface area contributed by atoms with Crippen LogP contribution in [0.1, 0.15) is 36.8 Å². The van der Waals surface area contributed by atoms with Crippen molar-refractivity contribution in [2.75, 3.05) is 17.1 Å². The number of nitrogens with one attached hydrogen (secondary N) is 1. The van der Waals surface area contributed by atoms with Crippen LogP contribution in [0.2, 0.25) is 5.02 Å². The molecular weight excluding hydrogens is 572 g/mol. The average Bonchev–Trinajstić information content (AvgIpc) is 3.44. The van der Waals surface area contributed by atoms with Crippen LogP contribution in [0.4, 0.5) is 14.5 Å². The maximum Gasteiger partial charge on any atom is 0.244 e. The molecule has 1 atom stereocenters. The van der Waals surface area contributed by atoms with Crippen LogP contribution >= 0.6 is 11.6 Å². The fourth-order valence-corrected chi connectivity index (χ4v) is 6.00. The lowest BCUT2D eigenvalue weighted by Gasteiger charge is -2.34. The van der Waals surface area contributed by atoms with Crippen LogP contribution in [0.15, 0.2) is 72.8 Å². The number of carbonyl (C=O) groups is 2. The first-order valence-electron chi connectivity index (χ1n) is 13.3. The topological polar surface area (TPSA) is 86.8 Å². The summed E-state index contributed by atoms with van der Waals surface area (Å²) in [5.41, 5.74) is 0.923. The molecule has 0 aliphatic heterocycles. The largest absolute Gasteiger partial charge is 0.352 e. The Hall–Kier alpha value is -3.50. The minimum atomic E-state index is -4.05. The lowest BCUT2D eigenvalue weighted by atomic mass is 10.0. The molecule has 11 heteroatoms. The van der Waals surface area contributed by atoms with E-state index < -0.39 is 46.1 Å². The summed E-state index contributed by atoms with van der Waals surface area (Å²) in [5.74, 6) is -2.45. The molecular formula is C30H32ClF2N3O4S. The summed E-state index contributed by atoms with van der Waals surface area (Å²) < 4.78 is 55.1. The Kier molecular flexibility index (Phi) is 9.99. The number of halogens is 3. The van der Waals surface area contributed by atoms with Crippen molar-refractivity contribution < 1.29 is 26.8 Å². The van der Waals surface area contributed by atoms with Crippen LogP contribution in [0.5, 0.6) is 0 Å². The number of anilines is 1. The molecule has 7 nitrogen and oxygen atoms in total. The fourth-order valence-electron chi connectivity index (χ4n) is 4.99. The van der Waals surface area contributed by atoms with Gasteiger partial charge in [0.05, 0.1) is 17.0 Å². The highest BCUT2D eigenvalue weighted by Gasteiger charge is 2.34. The Morgan fingerprint density at radius 3 is 2.27 bits per heavy atom. The van der Waals surface area contributed by atoms with Crippen molar-refractivity contribution in [2.24, 2.45) is 0 Å². The van der Waals surface area contributed by atoms with Gasteiger partial charge >= 0.3 is 0 Å². The smallest absolute Gasteiger partial charge is 0.244 e. The van der Waals surface area contributed by atoms with Crippen LogP contribution in [0.25, 0.3) is 0 Å². The number of sulfonamides is 1. The monoisotopic (exact) mass is 603 g/mol. The maximum absolute atomic E-state index is 14.8. The van der Waals surface area contributed by atoms with Crippen molar-refractivity contribution in [1.82, 2.24) is 10.2 Å². The van der Waals surface area contributed by atoms with Gasteiger partial charge in [-0.3, -0.25) is 13.9 Å². The van der Waals surface area contributed by atoms with E-state index >= 15 is 0 Å². The molecule has 1 saturated carbocycles. The Bertz CT molecular complexity index is 1480. The van der Waals surface area contributed by atoms with E-state index in [4.69, 9.17) is 11.6 Å². The first-order valence-corrected chi connectivity index (χ1v) is 15.6. The van der Waals surface area contributed by atoms with Crippen molar-refractivity contribution in [2.45, 2.75) is 50.7 Å². The number of hydrogen-bond acceptors (Lipinski definition) is 4. The Balaban J connectivity index is 1.74. The normalized spacial score (nSPS) is 14.4. The second-order valence-electron chi connectivity index (χ2n) is 10.2. The minimum Gasteiger partial charge on any atom is -0.352 e. The summed E-state index contributed by atoms with van der Waals surface area (Å²) in [6.07, 6.45) is 4.63. The molecule has 0 heterocycles. The third kappa shape index (κ3) is 8.04. The second-order valence-corrected chi connectivity index (χ2v) is 12.5. The molecule has 218 valence electrons. The lowest BCUT2D eigenvalue weighted by molar-refractivity contribution is -0.140. The lowest BCUT2D eigenvalue weighted by Crippen LogP contribution is -2.54. The van der Waals surface area contributed by atoms with Gasteiger partial charge in [-0.05, 0) is 42.7 Å². The highest BCUT2D eigenvalue weighted by molar-refractivity contribution is 7.92. The molecule has 1 aliphatic rings. The molecule has 0 saturated heterocycles. The predicted octanol–water partition coefficient (Wildman–Crippen LogP) is 5.08. The summed E-state index contributed by atoms with van der Waals surface area (Å²) in [6.45, 7) is -0.986. The quantitative estimate of drug-likeness (QED) is 0.331. The van der Waals surface area contributed by atoms with Crippen LogP contribution in [0, 0.1) is 11.6 Å². The molecule has 0 spiro atoms. The van der Waals surface area contributed by atoms with Crippen LogP contribution < -0.4 is 9.62 Å². The van der Waals surface area contributed by atoms with Gasteiger partial charge in [-0.15, -0.1) is 0 Å². The number of nitrogens with zero attached hydrogens (tertiary/aromatic N) is 2. The first-order chi connectivity index (χ1) is 19.5. The summed E-state index contributed by atoms with van der Waals surface area (Å²) in [6, 6.07) is 17.2. The minimum absolute atomic E-state index is 0.0203. The average molecular weight is 604 g/mol. The number of benzene rings is 3. The van der Waals surface area contributed by atoms with Gasteiger partial charge in [-0.2, -0.15) is 0 Å². The zero-order chi connectivity index (χ0) is 29.6. The molecule has 1 N–H and O–H groups in total. The van der Waals surface area contributed by atoms with E-state index in [9.17, 15) is 26.8 Å². The molecule has 41 heavy (non-hydrogen) atoms. The van der Waals surface area contributed by atoms with E-state index in [1.807, 2.05) is 30.3 Å².